The summed E-state index contributed by atoms with van der Waals surface area (Å²) in [6.07, 6.45) is 7.42. The predicted molar refractivity (Wildman–Crippen MR) is 82.9 cm³/mol. The summed E-state index contributed by atoms with van der Waals surface area (Å²) in [5.41, 5.74) is -0.433. The molecule has 0 spiro atoms. The first-order valence-electron chi connectivity index (χ1n) is 8.11. The molecule has 20 heavy (non-hydrogen) atoms. The Morgan fingerprint density at radius 1 is 1.25 bits per heavy atom. The van der Waals surface area contributed by atoms with Crippen molar-refractivity contribution in [2.75, 3.05) is 13.1 Å². The van der Waals surface area contributed by atoms with Crippen LogP contribution in [0.1, 0.15) is 66.2 Å². The lowest BCUT2D eigenvalue weighted by atomic mass is 9.85. The van der Waals surface area contributed by atoms with Gasteiger partial charge >= 0.3 is 6.09 Å². The van der Waals surface area contributed by atoms with Gasteiger partial charge in [0, 0.05) is 12.6 Å². The van der Waals surface area contributed by atoms with E-state index in [0.29, 0.717) is 0 Å². The Bertz CT molecular complexity index is 281. The van der Waals surface area contributed by atoms with Crippen molar-refractivity contribution in [3.63, 3.8) is 0 Å². The van der Waals surface area contributed by atoms with Gasteiger partial charge in [-0.05, 0) is 39.7 Å². The third kappa shape index (κ3) is 7.73. The fourth-order valence-electron chi connectivity index (χ4n) is 2.81. The average Bonchev–Trinajstić information content (AvgIpc) is 2.35. The predicted octanol–water partition coefficient (Wildman–Crippen LogP) is 3.46. The molecule has 118 valence electrons. The van der Waals surface area contributed by atoms with E-state index in [1.54, 1.807) is 0 Å². The topological polar surface area (TPSA) is 50.4 Å². The Balaban J connectivity index is 2.43. The third-order valence-corrected chi connectivity index (χ3v) is 3.70. The van der Waals surface area contributed by atoms with Crippen LogP contribution in [0.5, 0.6) is 0 Å². The van der Waals surface area contributed by atoms with E-state index in [-0.39, 0.29) is 12.1 Å². The van der Waals surface area contributed by atoms with E-state index in [4.69, 9.17) is 4.74 Å². The Morgan fingerprint density at radius 3 is 2.45 bits per heavy atom. The van der Waals surface area contributed by atoms with E-state index < -0.39 is 5.60 Å². The molecule has 4 nitrogen and oxygen atoms in total. The van der Waals surface area contributed by atoms with Gasteiger partial charge in [-0.2, -0.15) is 0 Å². The van der Waals surface area contributed by atoms with Crippen LogP contribution in [0, 0.1) is 5.92 Å². The molecule has 0 aromatic rings. The van der Waals surface area contributed by atoms with Gasteiger partial charge in [0.2, 0.25) is 0 Å². The summed E-state index contributed by atoms with van der Waals surface area (Å²) in [5.74, 6) is 0.752. The third-order valence-electron chi connectivity index (χ3n) is 3.70. The van der Waals surface area contributed by atoms with Crippen LogP contribution in [-0.2, 0) is 4.74 Å². The fourth-order valence-corrected chi connectivity index (χ4v) is 2.81. The molecule has 1 aliphatic rings. The van der Waals surface area contributed by atoms with Crippen LogP contribution in [0.15, 0.2) is 0 Å². The summed E-state index contributed by atoms with van der Waals surface area (Å²) in [4.78, 5) is 11.9. The molecule has 0 bridgehead atoms. The van der Waals surface area contributed by atoms with Crippen LogP contribution in [0.3, 0.4) is 0 Å². The molecule has 0 aliphatic heterocycles. The lowest BCUT2D eigenvalue weighted by Gasteiger charge is -2.28. The highest BCUT2D eigenvalue weighted by molar-refractivity contribution is 5.68. The quantitative estimate of drug-likeness (QED) is 0.785. The number of ether oxygens (including phenoxy) is 1. The number of carbonyl (C=O) groups is 1. The maximum absolute atomic E-state index is 11.9. The summed E-state index contributed by atoms with van der Waals surface area (Å²) in [6.45, 7) is 9.53. The maximum atomic E-state index is 11.9. The van der Waals surface area contributed by atoms with Gasteiger partial charge in [-0.1, -0.05) is 39.0 Å². The van der Waals surface area contributed by atoms with E-state index in [2.05, 4.69) is 17.6 Å². The smallest absolute Gasteiger partial charge is 0.407 e. The molecule has 0 saturated heterocycles. The number of likely N-dealkylation sites (N-methyl/N-ethyl adjacent to an activating group) is 1. The zero-order chi connectivity index (χ0) is 15.0. The normalized spacial score (nSPS) is 18.6. The molecule has 1 fully saturated rings. The van der Waals surface area contributed by atoms with Crippen molar-refractivity contribution >= 4 is 6.09 Å². The second-order valence-electron chi connectivity index (χ2n) is 6.89. The number of hydrogen-bond acceptors (Lipinski definition) is 3. The molecule has 1 aliphatic carbocycles. The molecular formula is C16H32N2O2. The number of alkyl carbamates (subject to hydrolysis) is 1. The summed E-state index contributed by atoms with van der Waals surface area (Å²) in [5, 5.41) is 6.37. The van der Waals surface area contributed by atoms with E-state index in [1.165, 1.54) is 32.1 Å². The van der Waals surface area contributed by atoms with Crippen molar-refractivity contribution in [3.8, 4) is 0 Å². The maximum Gasteiger partial charge on any atom is 0.407 e. The van der Waals surface area contributed by atoms with Crippen molar-refractivity contribution in [3.05, 3.63) is 0 Å². The molecule has 0 radical (unpaired) electrons. The van der Waals surface area contributed by atoms with E-state index >= 15 is 0 Å². The molecule has 0 aromatic heterocycles. The molecule has 1 amide bonds. The van der Waals surface area contributed by atoms with Crippen molar-refractivity contribution in [2.24, 2.45) is 5.92 Å². The second-order valence-corrected chi connectivity index (χ2v) is 6.89. The molecule has 0 aromatic carbocycles. The lowest BCUT2D eigenvalue weighted by molar-refractivity contribution is 0.0495. The standard InChI is InChI=1S/C16H32N2O2/c1-5-17-12-14(11-13-9-7-6-8-10-13)18-15(19)20-16(2,3)4/h13-14,17H,5-12H2,1-4H3,(H,18,19)/t14-/m0/s1. The van der Waals surface area contributed by atoms with Gasteiger partial charge in [0.25, 0.3) is 0 Å². The minimum absolute atomic E-state index is 0.174. The Hall–Kier alpha value is -0.770. The first kappa shape index (κ1) is 17.3. The zero-order valence-electron chi connectivity index (χ0n) is 13.6. The largest absolute Gasteiger partial charge is 0.444 e. The van der Waals surface area contributed by atoms with Gasteiger partial charge in [-0.3, -0.25) is 0 Å². The minimum atomic E-state index is -0.433. The van der Waals surface area contributed by atoms with E-state index in [0.717, 1.165) is 25.4 Å². The van der Waals surface area contributed by atoms with Crippen LogP contribution in [0.4, 0.5) is 4.79 Å². The SMILES string of the molecule is CCNC[C@H](CC1CCCCC1)NC(=O)OC(C)(C)C. The lowest BCUT2D eigenvalue weighted by Crippen LogP contribution is -2.45. The van der Waals surface area contributed by atoms with E-state index in [9.17, 15) is 4.79 Å². The van der Waals surface area contributed by atoms with Crippen LogP contribution < -0.4 is 10.6 Å². The number of nitrogens with one attached hydrogen (secondary N) is 2. The summed E-state index contributed by atoms with van der Waals surface area (Å²) in [6, 6.07) is 0.174. The van der Waals surface area contributed by atoms with Crippen molar-refractivity contribution < 1.29 is 9.53 Å². The van der Waals surface area contributed by atoms with Gasteiger partial charge in [-0.25, -0.2) is 4.79 Å². The Kier molecular flexibility index (Phi) is 7.35. The summed E-state index contributed by atoms with van der Waals surface area (Å²) < 4.78 is 5.36. The second kappa shape index (κ2) is 8.50. The summed E-state index contributed by atoms with van der Waals surface area (Å²) >= 11 is 0. The van der Waals surface area contributed by atoms with Gasteiger partial charge in [-0.15, -0.1) is 0 Å². The van der Waals surface area contributed by atoms with Crippen LogP contribution in [-0.4, -0.2) is 30.8 Å². The average molecular weight is 284 g/mol. The molecule has 4 heteroatoms. The Labute approximate surface area is 124 Å². The molecule has 1 saturated carbocycles. The number of rotatable bonds is 6. The van der Waals surface area contributed by atoms with Gasteiger partial charge < -0.3 is 15.4 Å². The van der Waals surface area contributed by atoms with Crippen LogP contribution >= 0.6 is 0 Å². The Morgan fingerprint density at radius 2 is 1.90 bits per heavy atom. The number of hydrogen-bond donors (Lipinski definition) is 2. The van der Waals surface area contributed by atoms with Crippen LogP contribution in [0.25, 0.3) is 0 Å². The highest BCUT2D eigenvalue weighted by atomic mass is 16.6. The van der Waals surface area contributed by atoms with Crippen LogP contribution in [0.2, 0.25) is 0 Å². The first-order chi connectivity index (χ1) is 9.40. The fraction of sp³-hybridized carbons (Fsp3) is 0.938. The highest BCUT2D eigenvalue weighted by Crippen LogP contribution is 2.27. The first-order valence-corrected chi connectivity index (χ1v) is 8.11. The number of carbonyl (C=O) groups excluding carboxylic acids is 1. The monoisotopic (exact) mass is 284 g/mol. The number of amides is 1. The highest BCUT2D eigenvalue weighted by Gasteiger charge is 2.22. The van der Waals surface area contributed by atoms with Gasteiger partial charge in [0.1, 0.15) is 5.60 Å². The van der Waals surface area contributed by atoms with Gasteiger partial charge in [0.15, 0.2) is 0 Å². The van der Waals surface area contributed by atoms with Gasteiger partial charge in [0.05, 0.1) is 0 Å². The van der Waals surface area contributed by atoms with Crippen molar-refractivity contribution in [1.29, 1.82) is 0 Å². The molecule has 0 heterocycles. The molecule has 1 atom stereocenters. The van der Waals surface area contributed by atoms with E-state index in [1.807, 2.05) is 20.8 Å². The van der Waals surface area contributed by atoms with Crippen molar-refractivity contribution in [2.45, 2.75) is 77.9 Å². The minimum Gasteiger partial charge on any atom is -0.444 e. The molecule has 0 unspecified atom stereocenters. The van der Waals surface area contributed by atoms with Crippen molar-refractivity contribution in [1.82, 2.24) is 10.6 Å². The molecular weight excluding hydrogens is 252 g/mol. The summed E-state index contributed by atoms with van der Waals surface area (Å²) in [7, 11) is 0. The molecule has 2 N–H and O–H groups in total. The molecule has 1 rings (SSSR count). The zero-order valence-corrected chi connectivity index (χ0v) is 13.6.